The summed E-state index contributed by atoms with van der Waals surface area (Å²) in [4.78, 5) is 37.3. The number of sulfone groups is 1. The molecule has 1 aromatic heterocycles. The number of fused-ring (bicyclic) bond motifs is 1. The van der Waals surface area contributed by atoms with E-state index in [0.29, 0.717) is 0 Å². The Labute approximate surface area is 168 Å². The summed E-state index contributed by atoms with van der Waals surface area (Å²) in [5.41, 5.74) is 5.80. The van der Waals surface area contributed by atoms with Crippen LogP contribution < -0.4 is 11.1 Å². The molecule has 0 saturated carbocycles. The SMILES string of the molecule is CC1(C)S[C@H]2N(C(=O)[C@]2(F)NC(=O)C(N)c2cc(S(C)(=O)=O)cs2)[C@H]1C(=O)O. The van der Waals surface area contributed by atoms with E-state index in [1.807, 2.05) is 5.32 Å². The van der Waals surface area contributed by atoms with Crippen molar-refractivity contribution in [3.05, 3.63) is 16.3 Å². The van der Waals surface area contributed by atoms with Crippen LogP contribution in [0.5, 0.6) is 0 Å². The van der Waals surface area contributed by atoms with E-state index in [9.17, 15) is 27.9 Å². The van der Waals surface area contributed by atoms with E-state index >= 15 is 4.39 Å². The van der Waals surface area contributed by atoms with Crippen molar-refractivity contribution in [3.63, 3.8) is 0 Å². The summed E-state index contributed by atoms with van der Waals surface area (Å²) in [5, 5.41) is 11.5. The molecule has 4 N–H and O–H groups in total. The number of β-lactam (4-membered cyclic amide) rings is 1. The minimum atomic E-state index is -3.49. The summed E-state index contributed by atoms with van der Waals surface area (Å²) < 4.78 is 37.4. The van der Waals surface area contributed by atoms with Gasteiger partial charge in [-0.1, -0.05) is 0 Å². The second-order valence-electron chi connectivity index (χ2n) is 7.16. The molecular formula is C15H18FN3O6S3. The van der Waals surface area contributed by atoms with Crippen LogP contribution in [-0.2, 0) is 24.2 Å². The number of hydrogen-bond acceptors (Lipinski definition) is 8. The van der Waals surface area contributed by atoms with Crippen LogP contribution in [0.3, 0.4) is 0 Å². The Morgan fingerprint density at radius 1 is 1.43 bits per heavy atom. The average molecular weight is 452 g/mol. The zero-order valence-electron chi connectivity index (χ0n) is 15.0. The number of nitrogens with two attached hydrogens (primary N) is 1. The third-order valence-corrected chi connectivity index (χ3v) is 8.51. The molecule has 13 heteroatoms. The molecule has 154 valence electrons. The van der Waals surface area contributed by atoms with Crippen molar-refractivity contribution in [2.45, 2.75) is 46.7 Å². The Morgan fingerprint density at radius 3 is 2.54 bits per heavy atom. The van der Waals surface area contributed by atoms with Gasteiger partial charge in [0.1, 0.15) is 17.5 Å². The van der Waals surface area contributed by atoms with Gasteiger partial charge in [0.25, 0.3) is 11.7 Å². The van der Waals surface area contributed by atoms with Crippen molar-refractivity contribution >= 4 is 50.7 Å². The molecule has 4 atom stereocenters. The number of rotatable bonds is 5. The fourth-order valence-electron chi connectivity index (χ4n) is 3.21. The lowest BCUT2D eigenvalue weighted by atomic mass is 9.94. The smallest absolute Gasteiger partial charge is 0.327 e. The van der Waals surface area contributed by atoms with E-state index in [0.717, 1.165) is 34.3 Å². The van der Waals surface area contributed by atoms with Crippen LogP contribution in [0.15, 0.2) is 16.3 Å². The molecule has 1 aromatic rings. The molecule has 2 aliphatic heterocycles. The molecule has 0 bridgehead atoms. The Hall–Kier alpha value is -1.70. The number of nitrogens with one attached hydrogen (secondary N) is 1. The van der Waals surface area contributed by atoms with Gasteiger partial charge in [-0.25, -0.2) is 17.6 Å². The number of alkyl halides is 1. The summed E-state index contributed by atoms with van der Waals surface area (Å²) in [7, 11) is -3.49. The second kappa shape index (κ2) is 6.40. The highest BCUT2D eigenvalue weighted by atomic mass is 32.2. The minimum absolute atomic E-state index is 0.0194. The lowest BCUT2D eigenvalue weighted by molar-refractivity contribution is -0.182. The Kier molecular flexibility index (Phi) is 4.81. The zero-order valence-corrected chi connectivity index (χ0v) is 17.5. The topological polar surface area (TPSA) is 147 Å². The van der Waals surface area contributed by atoms with Crippen LogP contribution in [-0.4, -0.2) is 64.4 Å². The van der Waals surface area contributed by atoms with Crippen LogP contribution >= 0.6 is 23.1 Å². The summed E-state index contributed by atoms with van der Waals surface area (Å²) in [5.74, 6) is -6.19. The molecule has 0 aliphatic carbocycles. The van der Waals surface area contributed by atoms with Gasteiger partial charge in [-0.3, -0.25) is 9.59 Å². The van der Waals surface area contributed by atoms with Crippen molar-refractivity contribution < 1.29 is 32.3 Å². The first-order valence-corrected chi connectivity index (χ1v) is 11.6. The number of carbonyl (C=O) groups is 3. The molecule has 2 amide bonds. The monoisotopic (exact) mass is 451 g/mol. The maximum Gasteiger partial charge on any atom is 0.327 e. The molecular weight excluding hydrogens is 433 g/mol. The normalized spacial score (nSPS) is 29.8. The first kappa shape index (κ1) is 21.0. The van der Waals surface area contributed by atoms with Gasteiger partial charge in [0.05, 0.1) is 4.90 Å². The fraction of sp³-hybridized carbons (Fsp3) is 0.533. The summed E-state index contributed by atoms with van der Waals surface area (Å²) >= 11 is 1.86. The molecule has 28 heavy (non-hydrogen) atoms. The predicted molar refractivity (Wildman–Crippen MR) is 100 cm³/mol. The average Bonchev–Trinajstić information content (AvgIpc) is 3.15. The lowest BCUT2D eigenvalue weighted by Crippen LogP contribution is -2.77. The van der Waals surface area contributed by atoms with Crippen LogP contribution in [0, 0.1) is 0 Å². The van der Waals surface area contributed by atoms with E-state index in [2.05, 4.69) is 0 Å². The van der Waals surface area contributed by atoms with E-state index < -0.39 is 55.6 Å². The molecule has 0 spiro atoms. The molecule has 2 saturated heterocycles. The quantitative estimate of drug-likeness (QED) is 0.421. The molecule has 3 rings (SSSR count). The van der Waals surface area contributed by atoms with Crippen molar-refractivity contribution in [3.8, 4) is 0 Å². The van der Waals surface area contributed by atoms with E-state index in [1.165, 1.54) is 11.4 Å². The molecule has 2 fully saturated rings. The second-order valence-corrected chi connectivity index (χ2v) is 11.9. The van der Waals surface area contributed by atoms with Crippen LogP contribution in [0.1, 0.15) is 24.8 Å². The highest BCUT2D eigenvalue weighted by Gasteiger charge is 2.73. The van der Waals surface area contributed by atoms with Gasteiger partial charge in [-0.2, -0.15) is 0 Å². The highest BCUT2D eigenvalue weighted by molar-refractivity contribution is 8.01. The Balaban J connectivity index is 1.78. The number of amides is 2. The van der Waals surface area contributed by atoms with Gasteiger partial charge in [0, 0.05) is 21.3 Å². The largest absolute Gasteiger partial charge is 0.480 e. The third-order valence-electron chi connectivity index (χ3n) is 4.64. The first-order valence-electron chi connectivity index (χ1n) is 7.98. The maximum atomic E-state index is 15.3. The third kappa shape index (κ3) is 3.09. The van der Waals surface area contributed by atoms with Gasteiger partial charge in [-0.05, 0) is 19.9 Å². The Morgan fingerprint density at radius 2 is 2.04 bits per heavy atom. The van der Waals surface area contributed by atoms with E-state index in [4.69, 9.17) is 5.73 Å². The number of thiophene rings is 1. The number of hydrogen-bond donors (Lipinski definition) is 3. The first-order chi connectivity index (χ1) is 12.7. The minimum Gasteiger partial charge on any atom is -0.480 e. The zero-order chi connectivity index (χ0) is 21.2. The van der Waals surface area contributed by atoms with Crippen molar-refractivity contribution in [2.24, 2.45) is 5.73 Å². The fourth-order valence-corrected chi connectivity index (χ4v) is 6.81. The van der Waals surface area contributed by atoms with E-state index in [-0.39, 0.29) is 9.77 Å². The summed E-state index contributed by atoms with van der Waals surface area (Å²) in [6.45, 7) is 3.16. The number of thioether (sulfide) groups is 1. The van der Waals surface area contributed by atoms with Gasteiger partial charge >= 0.3 is 5.97 Å². The maximum absolute atomic E-state index is 15.3. The van der Waals surface area contributed by atoms with E-state index in [1.54, 1.807) is 13.8 Å². The van der Waals surface area contributed by atoms with Crippen molar-refractivity contribution in [1.82, 2.24) is 10.2 Å². The number of carboxylic acid groups (broad SMARTS) is 1. The van der Waals surface area contributed by atoms with Gasteiger partial charge in [0.2, 0.25) is 5.91 Å². The molecule has 0 radical (unpaired) electrons. The van der Waals surface area contributed by atoms with Crippen molar-refractivity contribution in [1.29, 1.82) is 0 Å². The van der Waals surface area contributed by atoms with Gasteiger partial charge in [0.15, 0.2) is 9.84 Å². The lowest BCUT2D eigenvalue weighted by Gasteiger charge is -2.47. The highest BCUT2D eigenvalue weighted by Crippen LogP contribution is 2.55. The number of carbonyl (C=O) groups excluding carboxylic acids is 2. The number of nitrogens with zero attached hydrogens (tertiary/aromatic N) is 1. The summed E-state index contributed by atoms with van der Waals surface area (Å²) in [6, 6.07) is -1.39. The molecule has 1 unspecified atom stereocenters. The van der Waals surface area contributed by atoms with Gasteiger partial charge in [-0.15, -0.1) is 23.1 Å². The molecule has 0 aromatic carbocycles. The number of aliphatic carboxylic acids is 1. The number of halogens is 1. The number of carboxylic acids is 1. The predicted octanol–water partition coefficient (Wildman–Crippen LogP) is 0.0803. The van der Waals surface area contributed by atoms with Crippen LogP contribution in [0.25, 0.3) is 0 Å². The van der Waals surface area contributed by atoms with Gasteiger partial charge < -0.3 is 21.1 Å². The van der Waals surface area contributed by atoms with Crippen LogP contribution in [0.4, 0.5) is 4.39 Å². The Bertz CT molecular complexity index is 977. The molecule has 3 heterocycles. The van der Waals surface area contributed by atoms with Crippen LogP contribution in [0.2, 0.25) is 0 Å². The molecule has 2 aliphatic rings. The summed E-state index contributed by atoms with van der Waals surface area (Å²) in [6.07, 6.45) is 1.00. The molecule has 9 nitrogen and oxygen atoms in total. The standard InChI is InChI=1S/C15H18FN3O6S3/c1-14(2)9(11(21)22)19-12(23)15(16,13(19)27-14)18-10(20)8(17)7-4-6(5-26-7)28(3,24)25/h4-5,8-9,13H,17H2,1-3H3,(H,18,20)(H,21,22)/t8?,9-,13+,15-/m0/s1. The van der Waals surface area contributed by atoms with Crippen molar-refractivity contribution in [2.75, 3.05) is 6.26 Å².